The maximum atomic E-state index is 9.09. The Bertz CT molecular complexity index is 551. The molecular formula is C12H13N3O. The van der Waals surface area contributed by atoms with Crippen LogP contribution >= 0.6 is 0 Å². The molecule has 0 aliphatic rings. The van der Waals surface area contributed by atoms with Crippen LogP contribution in [-0.4, -0.2) is 24.0 Å². The van der Waals surface area contributed by atoms with Gasteiger partial charge in [-0.15, -0.1) is 0 Å². The van der Waals surface area contributed by atoms with Crippen molar-refractivity contribution in [3.63, 3.8) is 0 Å². The zero-order valence-electron chi connectivity index (χ0n) is 9.56. The molecule has 4 nitrogen and oxygen atoms in total. The lowest BCUT2D eigenvalue weighted by Gasteiger charge is -2.16. The minimum Gasteiger partial charge on any atom is -0.441 e. The Morgan fingerprint density at radius 1 is 1.44 bits per heavy atom. The SMILES string of the molecule is Cc1nc2ccc(C(C#N)N(C)C)cc2o1. The van der Waals surface area contributed by atoms with Crippen molar-refractivity contribution in [2.24, 2.45) is 0 Å². The summed E-state index contributed by atoms with van der Waals surface area (Å²) in [6.07, 6.45) is 0. The Morgan fingerprint density at radius 2 is 2.19 bits per heavy atom. The Balaban J connectivity index is 2.50. The molecule has 2 rings (SSSR count). The number of benzene rings is 1. The van der Waals surface area contributed by atoms with E-state index in [1.807, 2.05) is 44.1 Å². The van der Waals surface area contributed by atoms with Crippen LogP contribution in [0.4, 0.5) is 0 Å². The van der Waals surface area contributed by atoms with Gasteiger partial charge in [-0.05, 0) is 31.8 Å². The van der Waals surface area contributed by atoms with Crippen LogP contribution in [0.15, 0.2) is 22.6 Å². The van der Waals surface area contributed by atoms with Gasteiger partial charge in [-0.3, -0.25) is 4.90 Å². The van der Waals surface area contributed by atoms with Gasteiger partial charge in [-0.1, -0.05) is 6.07 Å². The Hall–Kier alpha value is -1.86. The minimum absolute atomic E-state index is 0.255. The second-order valence-corrected chi connectivity index (χ2v) is 3.96. The molecule has 0 aliphatic carbocycles. The summed E-state index contributed by atoms with van der Waals surface area (Å²) >= 11 is 0. The van der Waals surface area contributed by atoms with Crippen LogP contribution in [-0.2, 0) is 0 Å². The standard InChI is InChI=1S/C12H13N3O/c1-8-14-10-5-4-9(6-12(10)16-8)11(7-13)15(2)3/h4-6,11H,1-3H3. The highest BCUT2D eigenvalue weighted by Crippen LogP contribution is 2.23. The molecule has 0 saturated heterocycles. The number of nitrogens with zero attached hydrogens (tertiary/aromatic N) is 3. The molecule has 82 valence electrons. The van der Waals surface area contributed by atoms with Crippen LogP contribution < -0.4 is 0 Å². The summed E-state index contributed by atoms with van der Waals surface area (Å²) in [5.41, 5.74) is 2.49. The van der Waals surface area contributed by atoms with E-state index in [-0.39, 0.29) is 6.04 Å². The van der Waals surface area contributed by atoms with Gasteiger partial charge in [0.1, 0.15) is 11.6 Å². The van der Waals surface area contributed by atoms with Crippen molar-refractivity contribution in [3.05, 3.63) is 29.7 Å². The molecule has 0 amide bonds. The number of aryl methyl sites for hydroxylation is 1. The molecule has 0 bridgehead atoms. The van der Waals surface area contributed by atoms with Gasteiger partial charge >= 0.3 is 0 Å². The molecular weight excluding hydrogens is 202 g/mol. The van der Waals surface area contributed by atoms with E-state index in [0.29, 0.717) is 5.89 Å². The molecule has 1 heterocycles. The molecule has 1 aromatic carbocycles. The van der Waals surface area contributed by atoms with Crippen molar-refractivity contribution >= 4 is 11.1 Å². The van der Waals surface area contributed by atoms with Crippen LogP contribution in [0.2, 0.25) is 0 Å². The largest absolute Gasteiger partial charge is 0.441 e. The molecule has 0 N–H and O–H groups in total. The van der Waals surface area contributed by atoms with E-state index >= 15 is 0 Å². The van der Waals surface area contributed by atoms with Crippen LogP contribution in [0.1, 0.15) is 17.5 Å². The average molecular weight is 215 g/mol. The molecule has 0 spiro atoms. The highest BCUT2D eigenvalue weighted by molar-refractivity contribution is 5.73. The van der Waals surface area contributed by atoms with Gasteiger partial charge in [0.25, 0.3) is 0 Å². The quantitative estimate of drug-likeness (QED) is 0.771. The monoisotopic (exact) mass is 215 g/mol. The molecule has 0 radical (unpaired) electrons. The summed E-state index contributed by atoms with van der Waals surface area (Å²) in [7, 11) is 3.76. The highest BCUT2D eigenvalue weighted by Gasteiger charge is 2.14. The molecule has 0 fully saturated rings. The van der Waals surface area contributed by atoms with E-state index in [0.717, 1.165) is 16.7 Å². The summed E-state index contributed by atoms with van der Waals surface area (Å²) in [6.45, 7) is 1.81. The normalized spacial score (nSPS) is 12.9. The van der Waals surface area contributed by atoms with Gasteiger partial charge in [0, 0.05) is 6.92 Å². The lowest BCUT2D eigenvalue weighted by molar-refractivity contribution is 0.358. The summed E-state index contributed by atoms with van der Waals surface area (Å²) < 4.78 is 5.44. The van der Waals surface area contributed by atoms with Crippen molar-refractivity contribution in [1.82, 2.24) is 9.88 Å². The van der Waals surface area contributed by atoms with E-state index in [4.69, 9.17) is 9.68 Å². The predicted octanol–water partition coefficient (Wildman–Crippen LogP) is 2.26. The number of rotatable bonds is 2. The maximum Gasteiger partial charge on any atom is 0.192 e. The Labute approximate surface area is 94.1 Å². The van der Waals surface area contributed by atoms with Crippen molar-refractivity contribution < 1.29 is 4.42 Å². The molecule has 1 aromatic heterocycles. The van der Waals surface area contributed by atoms with Crippen LogP contribution in [0, 0.1) is 18.3 Å². The van der Waals surface area contributed by atoms with Gasteiger partial charge in [0.15, 0.2) is 11.5 Å². The number of oxazole rings is 1. The fourth-order valence-corrected chi connectivity index (χ4v) is 1.71. The second kappa shape index (κ2) is 3.95. The van der Waals surface area contributed by atoms with Gasteiger partial charge in [0.2, 0.25) is 0 Å². The Kier molecular flexibility index (Phi) is 2.63. The van der Waals surface area contributed by atoms with Crippen LogP contribution in [0.5, 0.6) is 0 Å². The lowest BCUT2D eigenvalue weighted by atomic mass is 10.1. The minimum atomic E-state index is -0.255. The first-order valence-electron chi connectivity index (χ1n) is 5.05. The summed E-state index contributed by atoms with van der Waals surface area (Å²) in [5, 5.41) is 9.09. The number of hydrogen-bond acceptors (Lipinski definition) is 4. The average Bonchev–Trinajstić information content (AvgIpc) is 2.57. The smallest absolute Gasteiger partial charge is 0.192 e. The molecule has 4 heteroatoms. The third-order valence-corrected chi connectivity index (χ3v) is 2.47. The molecule has 0 aliphatic heterocycles. The van der Waals surface area contributed by atoms with Gasteiger partial charge in [-0.25, -0.2) is 4.98 Å². The molecule has 2 aromatic rings. The number of fused-ring (bicyclic) bond motifs is 1. The van der Waals surface area contributed by atoms with Crippen molar-refractivity contribution in [2.45, 2.75) is 13.0 Å². The lowest BCUT2D eigenvalue weighted by Crippen LogP contribution is -2.18. The summed E-state index contributed by atoms with van der Waals surface area (Å²) in [4.78, 5) is 6.09. The molecule has 1 atom stereocenters. The van der Waals surface area contributed by atoms with Crippen LogP contribution in [0.3, 0.4) is 0 Å². The van der Waals surface area contributed by atoms with E-state index in [1.54, 1.807) is 0 Å². The molecule has 0 saturated carbocycles. The van der Waals surface area contributed by atoms with Crippen molar-refractivity contribution in [2.75, 3.05) is 14.1 Å². The van der Waals surface area contributed by atoms with E-state index < -0.39 is 0 Å². The zero-order chi connectivity index (χ0) is 11.7. The maximum absolute atomic E-state index is 9.09. The van der Waals surface area contributed by atoms with E-state index in [2.05, 4.69) is 11.1 Å². The first kappa shape index (κ1) is 10.7. The number of nitriles is 1. The first-order valence-corrected chi connectivity index (χ1v) is 5.05. The fourth-order valence-electron chi connectivity index (χ4n) is 1.71. The van der Waals surface area contributed by atoms with Crippen LogP contribution in [0.25, 0.3) is 11.1 Å². The Morgan fingerprint density at radius 3 is 2.81 bits per heavy atom. The number of hydrogen-bond donors (Lipinski definition) is 0. The molecule has 1 unspecified atom stereocenters. The first-order chi connectivity index (χ1) is 7.61. The highest BCUT2D eigenvalue weighted by atomic mass is 16.3. The van der Waals surface area contributed by atoms with Crippen molar-refractivity contribution in [3.8, 4) is 6.07 Å². The van der Waals surface area contributed by atoms with E-state index in [1.165, 1.54) is 0 Å². The van der Waals surface area contributed by atoms with E-state index in [9.17, 15) is 0 Å². The predicted molar refractivity (Wildman–Crippen MR) is 60.8 cm³/mol. The third kappa shape index (κ3) is 1.77. The topological polar surface area (TPSA) is 53.1 Å². The fraction of sp³-hybridized carbons (Fsp3) is 0.333. The summed E-state index contributed by atoms with van der Waals surface area (Å²) in [6, 6.07) is 7.68. The second-order valence-electron chi connectivity index (χ2n) is 3.96. The zero-order valence-corrected chi connectivity index (χ0v) is 9.56. The summed E-state index contributed by atoms with van der Waals surface area (Å²) in [5.74, 6) is 0.644. The molecule has 16 heavy (non-hydrogen) atoms. The van der Waals surface area contributed by atoms with Gasteiger partial charge in [0.05, 0.1) is 6.07 Å². The van der Waals surface area contributed by atoms with Gasteiger partial charge < -0.3 is 4.42 Å². The number of aromatic nitrogens is 1. The van der Waals surface area contributed by atoms with Crippen molar-refractivity contribution in [1.29, 1.82) is 5.26 Å². The third-order valence-electron chi connectivity index (χ3n) is 2.47. The van der Waals surface area contributed by atoms with Gasteiger partial charge in [-0.2, -0.15) is 5.26 Å².